The molecule has 1 heterocycles. The number of fused-ring (bicyclic) bond motifs is 1. The van der Waals surface area contributed by atoms with Gasteiger partial charge in [-0.05, 0) is 31.1 Å². The molecule has 2 atom stereocenters. The maximum Gasteiger partial charge on any atom is 0.315 e. The van der Waals surface area contributed by atoms with Gasteiger partial charge in [-0.1, -0.05) is 27.7 Å². The highest BCUT2D eigenvalue weighted by atomic mass is 32.1. The van der Waals surface area contributed by atoms with E-state index in [9.17, 15) is 4.79 Å². The first-order valence-electron chi connectivity index (χ1n) is 7.73. The van der Waals surface area contributed by atoms with E-state index in [0.717, 1.165) is 30.2 Å². The van der Waals surface area contributed by atoms with Crippen molar-refractivity contribution in [3.8, 4) is 0 Å². The molecule has 0 radical (unpaired) electrons. The van der Waals surface area contributed by atoms with Crippen LogP contribution in [0.25, 0.3) is 0 Å². The molecule has 0 saturated carbocycles. The van der Waals surface area contributed by atoms with Gasteiger partial charge < -0.3 is 10.1 Å². The molecule has 0 bridgehead atoms. The van der Waals surface area contributed by atoms with Crippen molar-refractivity contribution in [2.24, 2.45) is 11.3 Å². The molecule has 1 aromatic rings. The number of hydrogen-bond donors (Lipinski definition) is 1. The first-order chi connectivity index (χ1) is 9.82. The Bertz CT molecular complexity index is 505. The zero-order valence-electron chi connectivity index (χ0n) is 13.7. The number of carbonyl (C=O) groups excluding carboxylic acids is 1. The summed E-state index contributed by atoms with van der Waals surface area (Å²) >= 11 is 1.68. The molecular formula is C16H26N2O2S. The number of nitrogens with one attached hydrogen (secondary N) is 1. The van der Waals surface area contributed by atoms with Gasteiger partial charge in [-0.2, -0.15) is 0 Å². The summed E-state index contributed by atoms with van der Waals surface area (Å²) < 4.78 is 5.14. The second-order valence-corrected chi connectivity index (χ2v) is 7.90. The monoisotopic (exact) mass is 310 g/mol. The lowest BCUT2D eigenvalue weighted by Gasteiger charge is -2.27. The van der Waals surface area contributed by atoms with E-state index in [1.807, 2.05) is 6.92 Å². The first-order valence-corrected chi connectivity index (χ1v) is 8.54. The van der Waals surface area contributed by atoms with Crippen LogP contribution < -0.4 is 5.32 Å². The van der Waals surface area contributed by atoms with Crippen LogP contribution >= 0.6 is 11.3 Å². The minimum Gasteiger partial charge on any atom is -0.465 e. The van der Waals surface area contributed by atoms with Gasteiger partial charge in [0.25, 0.3) is 0 Å². The molecule has 21 heavy (non-hydrogen) atoms. The van der Waals surface area contributed by atoms with E-state index < -0.39 is 0 Å². The van der Waals surface area contributed by atoms with Crippen molar-refractivity contribution in [3.63, 3.8) is 0 Å². The maximum atomic E-state index is 11.9. The molecule has 1 aromatic heterocycles. The highest BCUT2D eigenvalue weighted by molar-refractivity contribution is 7.15. The van der Waals surface area contributed by atoms with Crippen LogP contribution in [0.15, 0.2) is 0 Å². The van der Waals surface area contributed by atoms with Gasteiger partial charge in [0.15, 0.2) is 5.13 Å². The second-order valence-electron chi connectivity index (χ2n) is 6.82. The SMILES string of the molecule is CCOC(=O)C1CCc2sc(NCC(C)C(C)(C)C)nc21. The summed E-state index contributed by atoms with van der Waals surface area (Å²) in [5, 5.41) is 4.36. The summed E-state index contributed by atoms with van der Waals surface area (Å²) in [7, 11) is 0. The second kappa shape index (κ2) is 6.34. The Hall–Kier alpha value is -1.10. The molecule has 0 amide bonds. The van der Waals surface area contributed by atoms with E-state index in [1.54, 1.807) is 11.3 Å². The van der Waals surface area contributed by atoms with E-state index in [1.165, 1.54) is 4.88 Å². The number of esters is 1. The van der Waals surface area contributed by atoms with Crippen molar-refractivity contribution in [3.05, 3.63) is 10.6 Å². The summed E-state index contributed by atoms with van der Waals surface area (Å²) in [6, 6.07) is 0. The number of rotatable bonds is 5. The lowest BCUT2D eigenvalue weighted by Crippen LogP contribution is -2.24. The van der Waals surface area contributed by atoms with E-state index in [-0.39, 0.29) is 17.3 Å². The number of carbonyl (C=O) groups is 1. The molecule has 0 fully saturated rings. The normalized spacial score (nSPS) is 19.2. The van der Waals surface area contributed by atoms with Crippen LogP contribution in [0.4, 0.5) is 5.13 Å². The average Bonchev–Trinajstić information content (AvgIpc) is 2.94. The molecule has 1 aliphatic rings. The lowest BCUT2D eigenvalue weighted by atomic mass is 9.82. The maximum absolute atomic E-state index is 11.9. The number of aryl methyl sites for hydroxylation is 1. The van der Waals surface area contributed by atoms with Gasteiger partial charge in [-0.3, -0.25) is 4.79 Å². The molecule has 2 rings (SSSR count). The molecule has 118 valence electrons. The van der Waals surface area contributed by atoms with Gasteiger partial charge in [-0.25, -0.2) is 4.98 Å². The number of hydrogen-bond acceptors (Lipinski definition) is 5. The molecule has 1 N–H and O–H groups in total. The predicted octanol–water partition coefficient (Wildman–Crippen LogP) is 3.83. The van der Waals surface area contributed by atoms with Crippen molar-refractivity contribution in [2.75, 3.05) is 18.5 Å². The van der Waals surface area contributed by atoms with Gasteiger partial charge in [0, 0.05) is 11.4 Å². The van der Waals surface area contributed by atoms with Crippen LogP contribution in [0.3, 0.4) is 0 Å². The third kappa shape index (κ3) is 3.76. The number of nitrogens with zero attached hydrogens (tertiary/aromatic N) is 1. The summed E-state index contributed by atoms with van der Waals surface area (Å²) in [6.07, 6.45) is 1.78. The van der Waals surface area contributed by atoms with Crippen LogP contribution in [0.1, 0.15) is 57.5 Å². The predicted molar refractivity (Wildman–Crippen MR) is 86.9 cm³/mol. The summed E-state index contributed by atoms with van der Waals surface area (Å²) in [6.45, 7) is 12.2. The van der Waals surface area contributed by atoms with Crippen molar-refractivity contribution in [1.82, 2.24) is 4.98 Å². The molecule has 5 heteroatoms. The van der Waals surface area contributed by atoms with Crippen molar-refractivity contribution >= 4 is 22.4 Å². The fourth-order valence-electron chi connectivity index (χ4n) is 2.32. The topological polar surface area (TPSA) is 51.2 Å². The number of aromatic nitrogens is 1. The summed E-state index contributed by atoms with van der Waals surface area (Å²) in [4.78, 5) is 17.8. The van der Waals surface area contributed by atoms with Gasteiger partial charge in [0.2, 0.25) is 0 Å². The zero-order valence-corrected chi connectivity index (χ0v) is 14.5. The van der Waals surface area contributed by atoms with Crippen LogP contribution in [-0.2, 0) is 16.0 Å². The molecular weight excluding hydrogens is 284 g/mol. The Morgan fingerprint density at radius 2 is 2.24 bits per heavy atom. The van der Waals surface area contributed by atoms with E-state index in [2.05, 4.69) is 38.0 Å². The van der Waals surface area contributed by atoms with Crippen molar-refractivity contribution in [2.45, 2.75) is 53.4 Å². The molecule has 0 saturated heterocycles. The smallest absolute Gasteiger partial charge is 0.315 e. The van der Waals surface area contributed by atoms with Crippen molar-refractivity contribution < 1.29 is 9.53 Å². The molecule has 0 aromatic carbocycles. The highest BCUT2D eigenvalue weighted by Crippen LogP contribution is 2.39. The van der Waals surface area contributed by atoms with Gasteiger partial charge >= 0.3 is 5.97 Å². The van der Waals surface area contributed by atoms with E-state index in [4.69, 9.17) is 4.74 Å². The fourth-order valence-corrected chi connectivity index (χ4v) is 3.37. The summed E-state index contributed by atoms with van der Waals surface area (Å²) in [5.41, 5.74) is 1.21. The lowest BCUT2D eigenvalue weighted by molar-refractivity contribution is -0.145. The van der Waals surface area contributed by atoms with Crippen LogP contribution in [0.2, 0.25) is 0 Å². The molecule has 0 spiro atoms. The summed E-state index contributed by atoms with van der Waals surface area (Å²) in [5.74, 6) is 0.264. The average molecular weight is 310 g/mol. The first kappa shape index (κ1) is 16.3. The third-order valence-corrected chi connectivity index (χ3v) is 5.42. The fraction of sp³-hybridized carbons (Fsp3) is 0.750. The number of ether oxygens (including phenoxy) is 1. The van der Waals surface area contributed by atoms with Crippen LogP contribution in [-0.4, -0.2) is 24.1 Å². The third-order valence-electron chi connectivity index (χ3n) is 4.33. The Balaban J connectivity index is 2.00. The number of anilines is 1. The molecule has 4 nitrogen and oxygen atoms in total. The molecule has 2 unspecified atom stereocenters. The quantitative estimate of drug-likeness (QED) is 0.840. The van der Waals surface area contributed by atoms with Crippen molar-refractivity contribution in [1.29, 1.82) is 0 Å². The Labute approximate surface area is 131 Å². The Morgan fingerprint density at radius 1 is 1.52 bits per heavy atom. The van der Waals surface area contributed by atoms with Gasteiger partial charge in [0.05, 0.1) is 12.3 Å². The number of thiazole rings is 1. The Kier molecular flexibility index (Phi) is 4.91. The zero-order chi connectivity index (χ0) is 15.6. The Morgan fingerprint density at radius 3 is 2.86 bits per heavy atom. The van der Waals surface area contributed by atoms with E-state index in [0.29, 0.717) is 12.5 Å². The largest absolute Gasteiger partial charge is 0.465 e. The minimum atomic E-state index is -0.160. The minimum absolute atomic E-state index is 0.129. The van der Waals surface area contributed by atoms with Gasteiger partial charge in [-0.15, -0.1) is 11.3 Å². The molecule has 0 aliphatic heterocycles. The van der Waals surface area contributed by atoms with E-state index >= 15 is 0 Å². The van der Waals surface area contributed by atoms with Crippen LogP contribution in [0, 0.1) is 11.3 Å². The molecule has 1 aliphatic carbocycles. The van der Waals surface area contributed by atoms with Gasteiger partial charge in [0.1, 0.15) is 5.92 Å². The highest BCUT2D eigenvalue weighted by Gasteiger charge is 2.33. The van der Waals surface area contributed by atoms with Crippen LogP contribution in [0.5, 0.6) is 0 Å². The standard InChI is InChI=1S/C16H26N2O2S/c1-6-20-14(19)11-7-8-12-13(11)18-15(21-12)17-9-10(2)16(3,4)5/h10-11H,6-9H2,1-5H3,(H,17,18).